The van der Waals surface area contributed by atoms with E-state index < -0.39 is 17.7 Å². The molecule has 9 nitrogen and oxygen atoms in total. The average molecular weight is 559 g/mol. The number of nitrogens with one attached hydrogen (secondary N) is 1. The number of carboxylic acid groups (broad SMARTS) is 1. The number of pyridine rings is 2. The number of anilines is 2. The zero-order valence-corrected chi connectivity index (χ0v) is 22.2. The second-order valence-corrected chi connectivity index (χ2v) is 9.57. The van der Waals surface area contributed by atoms with Crippen molar-refractivity contribution in [3.63, 3.8) is 0 Å². The molecular formula is C32H23FN6O3. The minimum Gasteiger partial charge on any atom is -0.478 e. The number of rotatable bonds is 6. The second kappa shape index (κ2) is 10.6. The van der Waals surface area contributed by atoms with E-state index in [-0.39, 0.29) is 22.6 Å². The molecule has 0 aliphatic carbocycles. The summed E-state index contributed by atoms with van der Waals surface area (Å²) < 4.78 is 17.3. The highest BCUT2D eigenvalue weighted by atomic mass is 19.1. The number of nitrogens with zero attached hydrogens (tertiary/aromatic N) is 4. The summed E-state index contributed by atoms with van der Waals surface area (Å²) >= 11 is 0. The molecule has 0 bridgehead atoms. The van der Waals surface area contributed by atoms with Crippen molar-refractivity contribution in [1.82, 2.24) is 19.5 Å². The van der Waals surface area contributed by atoms with Gasteiger partial charge in [0.15, 0.2) is 11.5 Å². The lowest BCUT2D eigenvalue weighted by Gasteiger charge is -2.13. The number of carbonyl (C=O) groups is 2. The molecular weight excluding hydrogens is 535 g/mol. The highest BCUT2D eigenvalue weighted by Gasteiger charge is 2.20. The van der Waals surface area contributed by atoms with Crippen molar-refractivity contribution in [3.8, 4) is 28.3 Å². The highest BCUT2D eigenvalue weighted by Crippen LogP contribution is 2.32. The summed E-state index contributed by atoms with van der Waals surface area (Å²) in [6, 6.07) is 25.4. The summed E-state index contributed by atoms with van der Waals surface area (Å²) in [5, 5.41) is 11.8. The number of aromatic nitrogens is 4. The van der Waals surface area contributed by atoms with E-state index >= 15 is 4.39 Å². The minimum absolute atomic E-state index is 0.0461. The van der Waals surface area contributed by atoms with E-state index in [1.54, 1.807) is 35.9 Å². The summed E-state index contributed by atoms with van der Waals surface area (Å²) in [5.74, 6) is -1.67. The van der Waals surface area contributed by atoms with Crippen LogP contribution in [0.4, 0.5) is 15.9 Å². The summed E-state index contributed by atoms with van der Waals surface area (Å²) in [5.41, 5.74) is 10.5. The van der Waals surface area contributed by atoms with Gasteiger partial charge in [-0.25, -0.2) is 24.1 Å². The topological polar surface area (TPSA) is 136 Å². The SMILES string of the molecule is Cc1cc(C(=O)O)ccc1C(=O)Nc1ccc(-n2c(-c3cccnc3N)nc3ccc(-c4ccccc4)nc32)cc1F. The van der Waals surface area contributed by atoms with Crippen LogP contribution in [0.2, 0.25) is 0 Å². The molecule has 206 valence electrons. The Labute approximate surface area is 239 Å². The van der Waals surface area contributed by atoms with Gasteiger partial charge in [0.2, 0.25) is 0 Å². The summed E-state index contributed by atoms with van der Waals surface area (Å²) in [6.45, 7) is 1.62. The minimum atomic E-state index is -1.10. The van der Waals surface area contributed by atoms with Crippen molar-refractivity contribution in [2.45, 2.75) is 6.92 Å². The summed E-state index contributed by atoms with van der Waals surface area (Å²) in [7, 11) is 0. The fraction of sp³-hybridized carbons (Fsp3) is 0.0312. The molecule has 4 N–H and O–H groups in total. The van der Waals surface area contributed by atoms with Crippen molar-refractivity contribution in [3.05, 3.63) is 120 Å². The van der Waals surface area contributed by atoms with Gasteiger partial charge in [-0.2, -0.15) is 0 Å². The van der Waals surface area contributed by atoms with Crippen molar-refractivity contribution >= 4 is 34.5 Å². The van der Waals surface area contributed by atoms with Crippen LogP contribution in [0.1, 0.15) is 26.3 Å². The standard InChI is InChI=1S/C32H23FN6O3/c1-18-16-20(32(41)42)9-11-22(18)31(40)38-26-12-10-21(17-24(26)33)39-29(23-8-5-15-35-28(23)34)37-27-14-13-25(36-30(27)39)19-6-3-2-4-7-19/h2-17H,1H3,(H2,34,35)(H,38,40)(H,41,42). The molecule has 0 aliphatic rings. The largest absolute Gasteiger partial charge is 0.478 e. The Hall–Kier alpha value is -5.90. The van der Waals surface area contributed by atoms with Crippen molar-refractivity contribution < 1.29 is 19.1 Å². The Morgan fingerprint density at radius 2 is 1.74 bits per heavy atom. The first kappa shape index (κ1) is 26.3. The van der Waals surface area contributed by atoms with E-state index in [9.17, 15) is 14.7 Å². The van der Waals surface area contributed by atoms with Crippen LogP contribution in [-0.4, -0.2) is 36.5 Å². The highest BCUT2D eigenvalue weighted by molar-refractivity contribution is 6.06. The maximum atomic E-state index is 15.6. The first-order valence-corrected chi connectivity index (χ1v) is 12.9. The maximum Gasteiger partial charge on any atom is 0.335 e. The number of hydrogen-bond acceptors (Lipinski definition) is 6. The van der Waals surface area contributed by atoms with Crippen LogP contribution >= 0.6 is 0 Å². The van der Waals surface area contributed by atoms with Crippen LogP contribution in [0.5, 0.6) is 0 Å². The zero-order valence-electron chi connectivity index (χ0n) is 22.2. The third kappa shape index (κ3) is 4.81. The summed E-state index contributed by atoms with van der Waals surface area (Å²) in [6.07, 6.45) is 1.58. The molecule has 6 rings (SSSR count). The van der Waals surface area contributed by atoms with Gasteiger partial charge >= 0.3 is 5.97 Å². The number of hydrogen-bond donors (Lipinski definition) is 3. The van der Waals surface area contributed by atoms with Gasteiger partial charge in [0.25, 0.3) is 5.91 Å². The fourth-order valence-corrected chi connectivity index (χ4v) is 4.74. The van der Waals surface area contributed by atoms with E-state index in [1.807, 2.05) is 42.5 Å². The average Bonchev–Trinajstić information content (AvgIpc) is 3.37. The fourth-order valence-electron chi connectivity index (χ4n) is 4.74. The molecule has 42 heavy (non-hydrogen) atoms. The number of nitrogen functional groups attached to an aromatic ring is 1. The normalized spacial score (nSPS) is 11.0. The van der Waals surface area contributed by atoms with Crippen molar-refractivity contribution in [2.24, 2.45) is 0 Å². The second-order valence-electron chi connectivity index (χ2n) is 9.57. The number of imidazole rings is 1. The molecule has 0 spiro atoms. The van der Waals surface area contributed by atoms with Gasteiger partial charge in [-0.1, -0.05) is 30.3 Å². The Kier molecular flexibility index (Phi) is 6.63. The molecule has 3 aromatic heterocycles. The number of halogens is 1. The Morgan fingerprint density at radius 1 is 0.929 bits per heavy atom. The van der Waals surface area contributed by atoms with Gasteiger partial charge in [-0.05, 0) is 67.1 Å². The Balaban J connectivity index is 1.43. The van der Waals surface area contributed by atoms with Crippen LogP contribution in [0.15, 0.2) is 97.2 Å². The van der Waals surface area contributed by atoms with Crippen LogP contribution in [0, 0.1) is 12.7 Å². The predicted molar refractivity (Wildman–Crippen MR) is 158 cm³/mol. The van der Waals surface area contributed by atoms with Gasteiger partial charge in [0, 0.05) is 23.4 Å². The molecule has 0 saturated heterocycles. The van der Waals surface area contributed by atoms with Gasteiger partial charge in [-0.3, -0.25) is 9.36 Å². The van der Waals surface area contributed by atoms with Gasteiger partial charge in [-0.15, -0.1) is 0 Å². The quantitative estimate of drug-likeness (QED) is 0.224. The van der Waals surface area contributed by atoms with E-state index in [4.69, 9.17) is 15.7 Å². The van der Waals surface area contributed by atoms with Crippen LogP contribution < -0.4 is 11.1 Å². The number of carbonyl (C=O) groups excluding carboxylic acids is 1. The Bertz CT molecular complexity index is 2010. The molecule has 0 fully saturated rings. The lowest BCUT2D eigenvalue weighted by atomic mass is 10.0. The van der Waals surface area contributed by atoms with Crippen LogP contribution in [0.25, 0.3) is 39.5 Å². The third-order valence-electron chi connectivity index (χ3n) is 6.83. The van der Waals surface area contributed by atoms with Gasteiger partial charge in [0.05, 0.1) is 28.2 Å². The number of benzene rings is 3. The first-order valence-electron chi connectivity index (χ1n) is 12.9. The van der Waals surface area contributed by atoms with Gasteiger partial charge < -0.3 is 16.2 Å². The number of amides is 1. The van der Waals surface area contributed by atoms with E-state index in [0.717, 1.165) is 5.56 Å². The number of nitrogens with two attached hydrogens (primary N) is 1. The van der Waals surface area contributed by atoms with Gasteiger partial charge in [0.1, 0.15) is 17.2 Å². The lowest BCUT2D eigenvalue weighted by Crippen LogP contribution is -2.15. The molecule has 6 aromatic rings. The molecule has 1 amide bonds. The molecule has 0 atom stereocenters. The number of fused-ring (bicyclic) bond motifs is 1. The monoisotopic (exact) mass is 558 g/mol. The molecule has 10 heteroatoms. The maximum absolute atomic E-state index is 15.6. The molecule has 3 aromatic carbocycles. The summed E-state index contributed by atoms with van der Waals surface area (Å²) in [4.78, 5) is 38.0. The first-order chi connectivity index (χ1) is 20.3. The van der Waals surface area contributed by atoms with E-state index in [1.165, 1.54) is 30.3 Å². The lowest BCUT2D eigenvalue weighted by molar-refractivity contribution is 0.0696. The molecule has 0 unspecified atom stereocenters. The molecule has 3 heterocycles. The van der Waals surface area contributed by atoms with Crippen LogP contribution in [0.3, 0.4) is 0 Å². The molecule has 0 saturated carbocycles. The zero-order chi connectivity index (χ0) is 29.4. The third-order valence-corrected chi connectivity index (χ3v) is 6.83. The number of aromatic carboxylic acids is 1. The molecule has 0 radical (unpaired) electrons. The number of aryl methyl sites for hydroxylation is 1. The number of carboxylic acids is 1. The van der Waals surface area contributed by atoms with Crippen molar-refractivity contribution in [1.29, 1.82) is 0 Å². The van der Waals surface area contributed by atoms with E-state index in [0.29, 0.717) is 39.5 Å². The Morgan fingerprint density at radius 3 is 2.45 bits per heavy atom. The van der Waals surface area contributed by atoms with Crippen molar-refractivity contribution in [2.75, 3.05) is 11.1 Å². The molecule has 0 aliphatic heterocycles. The smallest absolute Gasteiger partial charge is 0.335 e. The van der Waals surface area contributed by atoms with Crippen LogP contribution in [-0.2, 0) is 0 Å². The predicted octanol–water partition coefficient (Wildman–Crippen LogP) is 6.13. The van der Waals surface area contributed by atoms with E-state index in [2.05, 4.69) is 10.3 Å².